The van der Waals surface area contributed by atoms with Gasteiger partial charge in [-0.25, -0.2) is 0 Å². The van der Waals surface area contributed by atoms with Gasteiger partial charge in [0.15, 0.2) is 0 Å². The monoisotopic (exact) mass is 1090 g/mol. The van der Waals surface area contributed by atoms with Gasteiger partial charge in [0.2, 0.25) is 0 Å². The van der Waals surface area contributed by atoms with E-state index in [1.165, 1.54) is 118 Å². The molecule has 10 aromatic rings. The Balaban J connectivity index is 0.000000163. The molecule has 73 heavy (non-hydrogen) atoms. The molecule has 0 unspecified atom stereocenters. The fraction of sp³-hybridized carbons (Fsp3) is 0.241. The number of unbranched alkanes of at least 4 members (excludes halogenated alkanes) is 6. The maximum absolute atomic E-state index is 10.2. The zero-order valence-electron chi connectivity index (χ0n) is 41.3. The van der Waals surface area contributed by atoms with E-state index in [4.69, 9.17) is 9.47 Å². The van der Waals surface area contributed by atoms with Crippen molar-refractivity contribution in [1.29, 1.82) is 0 Å². The smallest absolute Gasteiger partial charge is 0.573 e. The summed E-state index contributed by atoms with van der Waals surface area (Å²) in [6.07, 6.45) is 19.5. The van der Waals surface area contributed by atoms with E-state index in [0.717, 1.165) is 44.9 Å². The Morgan fingerprint density at radius 3 is 1.33 bits per heavy atom. The largest absolute Gasteiger partial charge is 2.00 e. The minimum atomic E-state index is 0. The number of aryl methyl sites for hydroxylation is 4. The van der Waals surface area contributed by atoms with Crippen LogP contribution in [0.3, 0.4) is 0 Å². The predicted molar refractivity (Wildman–Crippen MR) is 289 cm³/mol. The Labute approximate surface area is 446 Å². The molecule has 12 nitrogen and oxygen atoms in total. The number of carbonyl (C=O) groups excluding carboxylic acids is 2. The fourth-order valence-electron chi connectivity index (χ4n) is 8.21. The summed E-state index contributed by atoms with van der Waals surface area (Å²) in [4.78, 5) is 43.4. The van der Waals surface area contributed by atoms with E-state index >= 15 is 0 Å². The molecular formula is C58H56N8O4RuS2. The number of carbonyl (C=O) groups is 2. The molecule has 372 valence electrons. The standard InChI is InChI=1S/2C23H24N3S.C12H8N2O4.Ru/c2*1-3-4-5-6-7-19-10-11-22(27-19)18-9-8-17-12-13-24-23(20(17)15-18)21-14-16(2)25-26-21;15-7-17-9-1-3-13-11(5-9)12-6-10(18-8-16)2-4-14-12;/h2*8-15H,3-7H2,1-2H3;1-8H;/q2*-1;;+2. The van der Waals surface area contributed by atoms with Crippen molar-refractivity contribution in [2.45, 2.75) is 91.9 Å². The molecule has 0 fully saturated rings. The first kappa shape index (κ1) is 53.7. The van der Waals surface area contributed by atoms with Gasteiger partial charge in [-0.15, -0.1) is 22.7 Å². The Hall–Kier alpha value is -7.06. The summed E-state index contributed by atoms with van der Waals surface area (Å²) in [6.45, 7) is 9.10. The first-order valence-corrected chi connectivity index (χ1v) is 26.0. The molecule has 0 amide bonds. The minimum absolute atomic E-state index is 0. The number of hydrogen-bond donors (Lipinski definition) is 0. The van der Waals surface area contributed by atoms with Crippen LogP contribution in [-0.2, 0) is 41.9 Å². The number of pyridine rings is 4. The molecule has 10 rings (SSSR count). The van der Waals surface area contributed by atoms with Gasteiger partial charge >= 0.3 is 19.5 Å². The van der Waals surface area contributed by atoms with Crippen molar-refractivity contribution in [2.24, 2.45) is 0 Å². The van der Waals surface area contributed by atoms with E-state index < -0.39 is 0 Å². The molecule has 0 aliphatic heterocycles. The number of thiophene rings is 2. The van der Waals surface area contributed by atoms with Crippen LogP contribution < -0.4 is 19.7 Å². The molecule has 0 radical (unpaired) electrons. The second-order valence-electron chi connectivity index (χ2n) is 17.3. The van der Waals surface area contributed by atoms with E-state index in [0.29, 0.717) is 35.8 Å². The molecule has 15 heteroatoms. The van der Waals surface area contributed by atoms with Crippen molar-refractivity contribution in [1.82, 2.24) is 40.3 Å². The topological polar surface area (TPSA) is 158 Å². The number of aromatic nitrogens is 8. The van der Waals surface area contributed by atoms with Crippen LogP contribution in [0.25, 0.3) is 76.6 Å². The van der Waals surface area contributed by atoms with Crippen LogP contribution >= 0.6 is 22.7 Å². The second kappa shape index (κ2) is 27.1. The molecule has 0 atom stereocenters. The van der Waals surface area contributed by atoms with E-state index in [1.807, 2.05) is 61.0 Å². The summed E-state index contributed by atoms with van der Waals surface area (Å²) in [7, 11) is 0. The van der Waals surface area contributed by atoms with Crippen molar-refractivity contribution in [3.8, 4) is 66.5 Å². The summed E-state index contributed by atoms with van der Waals surface area (Å²) < 4.78 is 9.42. The molecular weight excluding hydrogens is 1040 g/mol. The van der Waals surface area contributed by atoms with E-state index in [9.17, 15) is 9.59 Å². The van der Waals surface area contributed by atoms with Crippen LogP contribution in [0.1, 0.15) is 86.4 Å². The summed E-state index contributed by atoms with van der Waals surface area (Å²) >= 11 is 3.82. The molecule has 0 N–H and O–H groups in total. The van der Waals surface area contributed by atoms with Crippen molar-refractivity contribution in [2.75, 3.05) is 0 Å². The number of nitrogens with zero attached hydrogens (tertiary/aromatic N) is 8. The summed E-state index contributed by atoms with van der Waals surface area (Å²) in [5.74, 6) is 0.719. The minimum Gasteiger partial charge on any atom is -0.573 e. The average molecular weight is 1090 g/mol. The summed E-state index contributed by atoms with van der Waals surface area (Å²) in [5, 5.41) is 21.5. The van der Waals surface area contributed by atoms with Gasteiger partial charge in [-0.3, -0.25) is 29.5 Å². The van der Waals surface area contributed by atoms with Gasteiger partial charge in [0.05, 0.1) is 22.8 Å². The molecule has 0 spiro atoms. The van der Waals surface area contributed by atoms with Gasteiger partial charge in [0, 0.05) is 78.6 Å². The van der Waals surface area contributed by atoms with Crippen LogP contribution in [0.15, 0.2) is 134 Å². The van der Waals surface area contributed by atoms with Gasteiger partial charge in [0.1, 0.15) is 11.5 Å². The molecule has 0 aliphatic carbocycles. The number of benzene rings is 2. The molecule has 8 heterocycles. The third kappa shape index (κ3) is 14.6. The van der Waals surface area contributed by atoms with Gasteiger partial charge in [0.25, 0.3) is 12.9 Å². The third-order valence-corrected chi connectivity index (χ3v) is 14.3. The van der Waals surface area contributed by atoms with Crippen LogP contribution in [-0.4, -0.2) is 43.1 Å². The van der Waals surface area contributed by atoms with Gasteiger partial charge < -0.3 is 29.9 Å². The molecule has 2 aromatic carbocycles. The number of hydrogen-bond acceptors (Lipinski definition) is 12. The van der Waals surface area contributed by atoms with Gasteiger partial charge in [-0.1, -0.05) is 100 Å². The maximum atomic E-state index is 10.2. The Kier molecular flexibility index (Phi) is 20.0. The van der Waals surface area contributed by atoms with E-state index in [1.54, 1.807) is 24.3 Å². The van der Waals surface area contributed by atoms with Gasteiger partial charge in [-0.2, -0.15) is 0 Å². The van der Waals surface area contributed by atoms with Crippen molar-refractivity contribution in [3.05, 3.63) is 155 Å². The molecule has 0 bridgehead atoms. The number of rotatable bonds is 19. The summed E-state index contributed by atoms with van der Waals surface area (Å²) in [6, 6.07) is 36.6. The van der Waals surface area contributed by atoms with Crippen molar-refractivity contribution >= 4 is 57.2 Å². The zero-order valence-corrected chi connectivity index (χ0v) is 44.7. The van der Waals surface area contributed by atoms with Crippen LogP contribution in [0.5, 0.6) is 11.5 Å². The average Bonchev–Trinajstić information content (AvgIpc) is 4.26. The van der Waals surface area contributed by atoms with Crippen molar-refractivity contribution < 1.29 is 38.5 Å². The number of fused-ring (bicyclic) bond motifs is 2. The fourth-order valence-corrected chi connectivity index (χ4v) is 10.3. The Morgan fingerprint density at radius 1 is 0.493 bits per heavy atom. The van der Waals surface area contributed by atoms with Crippen LogP contribution in [0.2, 0.25) is 0 Å². The number of ether oxygens (including phenoxy) is 2. The van der Waals surface area contributed by atoms with E-state index in [2.05, 4.69) is 127 Å². The van der Waals surface area contributed by atoms with E-state index in [-0.39, 0.29) is 19.5 Å². The predicted octanol–water partition coefficient (Wildman–Crippen LogP) is 14.0. The quantitative estimate of drug-likeness (QED) is 0.0429. The molecule has 0 saturated heterocycles. The first-order valence-electron chi connectivity index (χ1n) is 24.4. The normalized spacial score (nSPS) is 10.7. The molecule has 0 aliphatic rings. The SMILES string of the molecule is CCCCCCc1ccc(-c2ccc3ccnc(-c4cc(C)n[n-]4)c3c2)s1.CCCCCCc1ccc(-c2ccc3ccnc(-c4cc(C)n[n-]4)c3c2)s1.O=COc1ccnc(-c2cc(OC=O)ccn2)c1.[Ru+2]. The third-order valence-electron chi connectivity index (χ3n) is 11.9. The van der Waals surface area contributed by atoms with Crippen LogP contribution in [0, 0.1) is 13.8 Å². The van der Waals surface area contributed by atoms with Crippen LogP contribution in [0.4, 0.5) is 0 Å². The summed E-state index contributed by atoms with van der Waals surface area (Å²) in [5.41, 5.74) is 8.86. The zero-order chi connectivity index (χ0) is 50.1. The Morgan fingerprint density at radius 2 is 0.932 bits per heavy atom. The molecule has 8 aromatic heterocycles. The Bertz CT molecular complexity index is 3140. The second-order valence-corrected chi connectivity index (χ2v) is 19.6. The van der Waals surface area contributed by atoms with Gasteiger partial charge in [-0.05, 0) is 122 Å². The molecule has 0 saturated carbocycles. The van der Waals surface area contributed by atoms with Crippen molar-refractivity contribution in [3.63, 3.8) is 0 Å². The maximum Gasteiger partial charge on any atom is 2.00 e. The first-order chi connectivity index (χ1) is 35.3.